The van der Waals surface area contributed by atoms with Crippen molar-refractivity contribution < 1.29 is 14.4 Å². The maximum Gasteiger partial charge on any atom is 0.244 e. The van der Waals surface area contributed by atoms with Gasteiger partial charge in [0.1, 0.15) is 6.04 Å². The van der Waals surface area contributed by atoms with Crippen LogP contribution in [0.1, 0.15) is 32.8 Å². The molecule has 1 saturated heterocycles. The largest absolute Gasteiger partial charge is 0.342 e. The van der Waals surface area contributed by atoms with Crippen LogP contribution in [0.3, 0.4) is 0 Å². The quantitative estimate of drug-likeness (QED) is 0.656. The van der Waals surface area contributed by atoms with Gasteiger partial charge in [0, 0.05) is 45.3 Å². The molecule has 1 aromatic carbocycles. The fourth-order valence-electron chi connectivity index (χ4n) is 3.55. The van der Waals surface area contributed by atoms with E-state index in [1.54, 1.807) is 17.9 Å². The number of hydrogen-bond acceptors (Lipinski definition) is 4. The van der Waals surface area contributed by atoms with Gasteiger partial charge in [0.15, 0.2) is 0 Å². The van der Waals surface area contributed by atoms with E-state index in [0.29, 0.717) is 39.3 Å². The average Bonchev–Trinajstić information content (AvgIpc) is 2.99. The number of amides is 3. The summed E-state index contributed by atoms with van der Waals surface area (Å²) in [4.78, 5) is 43.0. The maximum atomic E-state index is 12.8. The van der Waals surface area contributed by atoms with Crippen LogP contribution in [0.2, 0.25) is 0 Å². The third kappa shape index (κ3) is 7.30. The molecule has 1 aromatic rings. The monoisotopic (exact) mass is 414 g/mol. The molecule has 0 spiro atoms. The van der Waals surface area contributed by atoms with Crippen LogP contribution >= 0.6 is 0 Å². The number of hydrogen-bond donors (Lipinski definition) is 1. The number of nitrogens with zero attached hydrogens (tertiary/aromatic N) is 3. The van der Waals surface area contributed by atoms with Crippen LogP contribution in [0.15, 0.2) is 36.4 Å². The Balaban J connectivity index is 1.82. The molecule has 1 fully saturated rings. The Hall–Kier alpha value is -2.67. The predicted octanol–water partition coefficient (Wildman–Crippen LogP) is 1.61. The van der Waals surface area contributed by atoms with Crippen molar-refractivity contribution in [2.75, 3.05) is 45.8 Å². The summed E-state index contributed by atoms with van der Waals surface area (Å²) >= 11 is 0. The van der Waals surface area contributed by atoms with Gasteiger partial charge in [-0.3, -0.25) is 19.3 Å². The van der Waals surface area contributed by atoms with Crippen molar-refractivity contribution in [3.05, 3.63) is 42.0 Å². The smallest absolute Gasteiger partial charge is 0.244 e. The molecule has 0 saturated carbocycles. The van der Waals surface area contributed by atoms with Gasteiger partial charge < -0.3 is 15.1 Å². The minimum Gasteiger partial charge on any atom is -0.342 e. The number of rotatable bonds is 8. The van der Waals surface area contributed by atoms with Crippen molar-refractivity contribution in [1.29, 1.82) is 0 Å². The van der Waals surface area contributed by atoms with Crippen LogP contribution in [0.4, 0.5) is 0 Å². The first kappa shape index (κ1) is 23.6. The van der Waals surface area contributed by atoms with E-state index in [-0.39, 0.29) is 17.7 Å². The molecule has 7 nitrogen and oxygen atoms in total. The van der Waals surface area contributed by atoms with Crippen molar-refractivity contribution in [2.45, 2.75) is 33.2 Å². The Bertz CT molecular complexity index is 731. The van der Waals surface area contributed by atoms with E-state index in [1.165, 1.54) is 6.08 Å². The first-order valence-corrected chi connectivity index (χ1v) is 10.8. The Kier molecular flexibility index (Phi) is 9.54. The van der Waals surface area contributed by atoms with E-state index in [1.807, 2.05) is 49.1 Å². The SMILES string of the molecule is CCN(CC)C(=O)CN1CCCN(C(=O)C(C)NC(=O)C=Cc2ccccc2)CC1. The fourth-order valence-corrected chi connectivity index (χ4v) is 3.55. The van der Waals surface area contributed by atoms with Gasteiger partial charge in [-0.25, -0.2) is 0 Å². The van der Waals surface area contributed by atoms with E-state index in [9.17, 15) is 14.4 Å². The van der Waals surface area contributed by atoms with Crippen molar-refractivity contribution >= 4 is 23.8 Å². The third-order valence-corrected chi connectivity index (χ3v) is 5.33. The van der Waals surface area contributed by atoms with Gasteiger partial charge in [-0.1, -0.05) is 30.3 Å². The number of likely N-dealkylation sites (N-methyl/N-ethyl adjacent to an activating group) is 1. The van der Waals surface area contributed by atoms with Gasteiger partial charge in [0.25, 0.3) is 0 Å². The second-order valence-electron chi connectivity index (χ2n) is 7.50. The molecule has 1 aliphatic heterocycles. The average molecular weight is 415 g/mol. The fraction of sp³-hybridized carbons (Fsp3) is 0.522. The zero-order valence-electron chi connectivity index (χ0n) is 18.3. The molecule has 1 heterocycles. The summed E-state index contributed by atoms with van der Waals surface area (Å²) in [6, 6.07) is 8.95. The molecule has 0 aromatic heterocycles. The second-order valence-corrected chi connectivity index (χ2v) is 7.50. The Morgan fingerprint density at radius 1 is 1.07 bits per heavy atom. The van der Waals surface area contributed by atoms with Gasteiger partial charge in [-0.05, 0) is 38.8 Å². The number of carbonyl (C=O) groups is 3. The lowest BCUT2D eigenvalue weighted by Gasteiger charge is -2.26. The lowest BCUT2D eigenvalue weighted by molar-refractivity contribution is -0.135. The summed E-state index contributed by atoms with van der Waals surface area (Å²) in [7, 11) is 0. The maximum absolute atomic E-state index is 12.8. The second kappa shape index (κ2) is 12.1. The van der Waals surface area contributed by atoms with Crippen molar-refractivity contribution in [1.82, 2.24) is 20.0 Å². The van der Waals surface area contributed by atoms with E-state index in [2.05, 4.69) is 10.2 Å². The van der Waals surface area contributed by atoms with Gasteiger partial charge in [-0.2, -0.15) is 0 Å². The summed E-state index contributed by atoms with van der Waals surface area (Å²) in [5.74, 6) is -0.250. The molecule has 0 bridgehead atoms. The molecular weight excluding hydrogens is 380 g/mol. The summed E-state index contributed by atoms with van der Waals surface area (Å²) in [5, 5.41) is 2.75. The molecule has 0 aliphatic carbocycles. The molecular formula is C23H34N4O3. The molecule has 2 rings (SSSR count). The Morgan fingerprint density at radius 3 is 2.43 bits per heavy atom. The molecule has 1 atom stereocenters. The Labute approximate surface area is 179 Å². The molecule has 1 unspecified atom stereocenters. The van der Waals surface area contributed by atoms with Crippen LogP contribution in [0, 0.1) is 0 Å². The normalized spacial score (nSPS) is 16.2. The highest BCUT2D eigenvalue weighted by Crippen LogP contribution is 2.07. The third-order valence-electron chi connectivity index (χ3n) is 5.33. The number of benzene rings is 1. The zero-order valence-corrected chi connectivity index (χ0v) is 18.3. The summed E-state index contributed by atoms with van der Waals surface area (Å²) in [6.45, 7) is 10.1. The summed E-state index contributed by atoms with van der Waals surface area (Å²) in [6.07, 6.45) is 3.98. The van der Waals surface area contributed by atoms with Crippen molar-refractivity contribution in [3.63, 3.8) is 0 Å². The van der Waals surface area contributed by atoms with Gasteiger partial charge >= 0.3 is 0 Å². The first-order chi connectivity index (χ1) is 14.4. The molecule has 164 valence electrons. The van der Waals surface area contributed by atoms with E-state index < -0.39 is 6.04 Å². The summed E-state index contributed by atoms with van der Waals surface area (Å²) in [5.41, 5.74) is 0.929. The molecule has 1 aliphatic rings. The van der Waals surface area contributed by atoms with Crippen LogP contribution in [0.25, 0.3) is 6.08 Å². The standard InChI is InChI=1S/C23H34N4O3/c1-4-26(5-2)22(29)18-25-14-9-15-27(17-16-25)23(30)19(3)24-21(28)13-12-20-10-7-6-8-11-20/h6-8,10-13,19H,4-5,9,14-18H2,1-3H3,(H,24,28). The molecule has 30 heavy (non-hydrogen) atoms. The Morgan fingerprint density at radius 2 is 1.77 bits per heavy atom. The highest BCUT2D eigenvalue weighted by atomic mass is 16.2. The van der Waals surface area contributed by atoms with E-state index >= 15 is 0 Å². The molecule has 1 N–H and O–H groups in total. The van der Waals surface area contributed by atoms with Crippen molar-refractivity contribution in [2.24, 2.45) is 0 Å². The van der Waals surface area contributed by atoms with Gasteiger partial charge in [0.2, 0.25) is 17.7 Å². The molecule has 3 amide bonds. The zero-order chi connectivity index (χ0) is 21.9. The molecule has 0 radical (unpaired) electrons. The molecule has 7 heteroatoms. The minimum absolute atomic E-state index is 0.0895. The highest BCUT2D eigenvalue weighted by Gasteiger charge is 2.25. The van der Waals surface area contributed by atoms with Gasteiger partial charge in [-0.15, -0.1) is 0 Å². The summed E-state index contributed by atoms with van der Waals surface area (Å²) < 4.78 is 0. The van der Waals surface area contributed by atoms with Crippen LogP contribution < -0.4 is 5.32 Å². The van der Waals surface area contributed by atoms with E-state index in [0.717, 1.165) is 18.5 Å². The predicted molar refractivity (Wildman–Crippen MR) is 119 cm³/mol. The van der Waals surface area contributed by atoms with Crippen molar-refractivity contribution in [3.8, 4) is 0 Å². The lowest BCUT2D eigenvalue weighted by atomic mass is 10.2. The van der Waals surface area contributed by atoms with E-state index in [4.69, 9.17) is 0 Å². The van der Waals surface area contributed by atoms with Crippen LogP contribution in [-0.4, -0.2) is 84.3 Å². The van der Waals surface area contributed by atoms with Crippen LogP contribution in [-0.2, 0) is 14.4 Å². The number of nitrogens with one attached hydrogen (secondary N) is 1. The minimum atomic E-state index is -0.596. The first-order valence-electron chi connectivity index (χ1n) is 10.8. The topological polar surface area (TPSA) is 73.0 Å². The highest BCUT2D eigenvalue weighted by molar-refractivity contribution is 5.95. The lowest BCUT2D eigenvalue weighted by Crippen LogP contribution is -2.48. The number of carbonyl (C=O) groups excluding carboxylic acids is 3. The van der Waals surface area contributed by atoms with Gasteiger partial charge in [0.05, 0.1) is 6.54 Å². The van der Waals surface area contributed by atoms with Crippen LogP contribution in [0.5, 0.6) is 0 Å².